The Balaban J connectivity index is 0.00000182. The van der Waals surface area contributed by atoms with Crippen LogP contribution in [-0.4, -0.2) is 19.9 Å². The summed E-state index contributed by atoms with van der Waals surface area (Å²) in [5.74, 6) is 0. The standard InChI is InChI=1S/C20H12N4.Y/c1-3-11-21-17(5-1)19-9-7-15(13-23-19)16-8-10-20(24-14-16)18-6-2-4-12-22-18;/h1-12H;/q-2;. The summed E-state index contributed by atoms with van der Waals surface area (Å²) in [4.78, 5) is 17.3. The van der Waals surface area contributed by atoms with E-state index in [2.05, 4.69) is 32.3 Å². The van der Waals surface area contributed by atoms with Gasteiger partial charge in [-0.1, -0.05) is 24.5 Å². The Labute approximate surface area is 171 Å². The van der Waals surface area contributed by atoms with Gasteiger partial charge in [-0.05, 0) is 24.3 Å². The molecule has 0 N–H and O–H groups in total. The van der Waals surface area contributed by atoms with Crippen molar-refractivity contribution in [2.45, 2.75) is 0 Å². The smallest absolute Gasteiger partial charge is 0.0465 e. The monoisotopic (exact) mass is 397 g/mol. The number of hydrogen-bond acceptors (Lipinski definition) is 4. The Hall–Kier alpha value is -2.30. The van der Waals surface area contributed by atoms with Crippen molar-refractivity contribution >= 4 is 0 Å². The van der Waals surface area contributed by atoms with Crippen molar-refractivity contribution in [2.24, 2.45) is 0 Å². The maximum atomic E-state index is 4.36. The van der Waals surface area contributed by atoms with Crippen molar-refractivity contribution in [3.05, 3.63) is 85.5 Å². The van der Waals surface area contributed by atoms with Gasteiger partial charge in [0.25, 0.3) is 0 Å². The van der Waals surface area contributed by atoms with E-state index in [-0.39, 0.29) is 32.7 Å². The molecule has 117 valence electrons. The van der Waals surface area contributed by atoms with Crippen molar-refractivity contribution < 1.29 is 32.7 Å². The Bertz CT molecular complexity index is 844. The molecule has 0 saturated heterocycles. The second kappa shape index (κ2) is 8.19. The van der Waals surface area contributed by atoms with Crippen molar-refractivity contribution in [3.63, 3.8) is 0 Å². The van der Waals surface area contributed by atoms with Crippen LogP contribution in [0.2, 0.25) is 0 Å². The molecule has 4 nitrogen and oxygen atoms in total. The third kappa shape index (κ3) is 4.03. The van der Waals surface area contributed by atoms with E-state index in [1.165, 1.54) is 0 Å². The average molecular weight is 397 g/mol. The maximum Gasteiger partial charge on any atom is 0.0465 e. The second-order valence-electron chi connectivity index (χ2n) is 5.14. The molecular formula is C20H12N4Y-2. The third-order valence-electron chi connectivity index (χ3n) is 3.55. The SMILES string of the molecule is [Y].[c-]1nc(-c2ccccn2)ccc1-c1[c-]nc(-c2ccccn2)cc1. The summed E-state index contributed by atoms with van der Waals surface area (Å²) in [7, 11) is 0. The van der Waals surface area contributed by atoms with E-state index in [1.807, 2.05) is 60.7 Å². The van der Waals surface area contributed by atoms with Gasteiger partial charge in [0.2, 0.25) is 0 Å². The molecule has 25 heavy (non-hydrogen) atoms. The quantitative estimate of drug-likeness (QED) is 0.493. The summed E-state index contributed by atoms with van der Waals surface area (Å²) in [6.07, 6.45) is 9.57. The van der Waals surface area contributed by atoms with Crippen LogP contribution < -0.4 is 0 Å². The van der Waals surface area contributed by atoms with Crippen LogP contribution in [0.5, 0.6) is 0 Å². The molecule has 0 aromatic carbocycles. The van der Waals surface area contributed by atoms with E-state index >= 15 is 0 Å². The van der Waals surface area contributed by atoms with Crippen LogP contribution in [-0.2, 0) is 32.7 Å². The number of nitrogens with zero attached hydrogens (tertiary/aromatic N) is 4. The molecule has 0 aliphatic heterocycles. The summed E-state index contributed by atoms with van der Waals surface area (Å²) in [5, 5.41) is 0. The Morgan fingerprint density at radius 2 is 1.00 bits per heavy atom. The largest absolute Gasteiger partial charge is 0.361 e. The predicted molar refractivity (Wildman–Crippen MR) is 91.6 cm³/mol. The molecule has 4 aromatic rings. The molecule has 0 aliphatic carbocycles. The first-order valence-corrected chi connectivity index (χ1v) is 7.51. The summed E-state index contributed by atoms with van der Waals surface area (Å²) in [6.45, 7) is 0. The topological polar surface area (TPSA) is 51.6 Å². The molecule has 0 bridgehead atoms. The number of rotatable bonds is 3. The molecule has 0 fully saturated rings. The van der Waals surface area contributed by atoms with Crippen molar-refractivity contribution in [3.8, 4) is 33.9 Å². The van der Waals surface area contributed by atoms with E-state index in [9.17, 15) is 0 Å². The molecule has 0 saturated carbocycles. The van der Waals surface area contributed by atoms with Crippen molar-refractivity contribution in [2.75, 3.05) is 0 Å². The van der Waals surface area contributed by atoms with E-state index in [4.69, 9.17) is 0 Å². The zero-order valence-electron chi connectivity index (χ0n) is 13.3. The summed E-state index contributed by atoms with van der Waals surface area (Å²) in [6, 6.07) is 19.2. The van der Waals surface area contributed by atoms with Gasteiger partial charge in [-0.3, -0.25) is 9.97 Å². The van der Waals surface area contributed by atoms with E-state index in [0.29, 0.717) is 0 Å². The van der Waals surface area contributed by atoms with Crippen LogP contribution in [0, 0.1) is 12.4 Å². The molecule has 0 unspecified atom stereocenters. The van der Waals surface area contributed by atoms with Gasteiger partial charge in [0.1, 0.15) is 0 Å². The zero-order chi connectivity index (χ0) is 16.2. The fourth-order valence-corrected chi connectivity index (χ4v) is 2.33. The van der Waals surface area contributed by atoms with Gasteiger partial charge in [0.15, 0.2) is 0 Å². The molecule has 0 atom stereocenters. The normalized spacial score (nSPS) is 10.1. The van der Waals surface area contributed by atoms with Gasteiger partial charge in [-0.2, -0.15) is 12.1 Å². The minimum absolute atomic E-state index is 0. The van der Waals surface area contributed by atoms with E-state index in [1.54, 1.807) is 12.4 Å². The molecular weight excluding hydrogens is 385 g/mol. The first-order chi connectivity index (χ1) is 11.9. The van der Waals surface area contributed by atoms with Crippen LogP contribution in [0.25, 0.3) is 33.9 Å². The average Bonchev–Trinajstić information content (AvgIpc) is 2.70. The minimum Gasteiger partial charge on any atom is -0.361 e. The van der Waals surface area contributed by atoms with Gasteiger partial charge < -0.3 is 9.97 Å². The summed E-state index contributed by atoms with van der Waals surface area (Å²) in [5.41, 5.74) is 4.92. The zero-order valence-corrected chi connectivity index (χ0v) is 16.1. The van der Waals surface area contributed by atoms with Gasteiger partial charge in [0.05, 0.1) is 0 Å². The fraction of sp³-hybridized carbons (Fsp3) is 0. The minimum atomic E-state index is 0. The Morgan fingerprint density at radius 1 is 0.520 bits per heavy atom. The van der Waals surface area contributed by atoms with E-state index in [0.717, 1.165) is 33.9 Å². The van der Waals surface area contributed by atoms with Gasteiger partial charge in [-0.15, -0.1) is 12.1 Å². The number of hydrogen-bond donors (Lipinski definition) is 0. The number of pyridine rings is 4. The third-order valence-corrected chi connectivity index (χ3v) is 3.55. The van der Waals surface area contributed by atoms with E-state index < -0.39 is 0 Å². The predicted octanol–water partition coefficient (Wildman–Crippen LogP) is 3.87. The summed E-state index contributed by atoms with van der Waals surface area (Å²) < 4.78 is 0. The van der Waals surface area contributed by atoms with Crippen LogP contribution in [0.15, 0.2) is 73.1 Å². The van der Waals surface area contributed by atoms with Crippen LogP contribution in [0.4, 0.5) is 0 Å². The summed E-state index contributed by atoms with van der Waals surface area (Å²) >= 11 is 0. The van der Waals surface area contributed by atoms with Crippen LogP contribution in [0.1, 0.15) is 0 Å². The number of aromatic nitrogens is 4. The molecule has 5 heteroatoms. The molecule has 0 spiro atoms. The Kier molecular flexibility index (Phi) is 5.74. The van der Waals surface area contributed by atoms with Gasteiger partial charge in [0, 0.05) is 67.9 Å². The van der Waals surface area contributed by atoms with Crippen LogP contribution >= 0.6 is 0 Å². The van der Waals surface area contributed by atoms with Crippen LogP contribution in [0.3, 0.4) is 0 Å². The van der Waals surface area contributed by atoms with Gasteiger partial charge >= 0.3 is 0 Å². The molecule has 4 rings (SSSR count). The molecule has 4 aromatic heterocycles. The van der Waals surface area contributed by atoms with Gasteiger partial charge in [-0.25, -0.2) is 11.1 Å². The first kappa shape index (κ1) is 17.5. The fourth-order valence-electron chi connectivity index (χ4n) is 2.33. The van der Waals surface area contributed by atoms with Crippen molar-refractivity contribution in [1.82, 2.24) is 19.9 Å². The second-order valence-corrected chi connectivity index (χ2v) is 5.14. The molecule has 0 amide bonds. The first-order valence-electron chi connectivity index (χ1n) is 7.51. The molecule has 4 heterocycles. The maximum absolute atomic E-state index is 4.36. The molecule has 1 radical (unpaired) electrons. The molecule has 0 aliphatic rings. The Morgan fingerprint density at radius 3 is 1.32 bits per heavy atom. The van der Waals surface area contributed by atoms with Crippen molar-refractivity contribution in [1.29, 1.82) is 0 Å².